The quantitative estimate of drug-likeness (QED) is 0.645. The van der Waals surface area contributed by atoms with Crippen molar-refractivity contribution in [2.24, 2.45) is 5.92 Å². The smallest absolute Gasteiger partial charge is 0.00672 e. The van der Waals surface area contributed by atoms with Gasteiger partial charge < -0.3 is 5.32 Å². The van der Waals surface area contributed by atoms with Gasteiger partial charge in [0.25, 0.3) is 0 Å². The normalized spacial score (nSPS) is 29.1. The number of hydrogen-bond acceptors (Lipinski definition) is 1. The highest BCUT2D eigenvalue weighted by Crippen LogP contribution is 2.26. The number of nitrogens with one attached hydrogen (secondary N) is 1. The zero-order valence-corrected chi connectivity index (χ0v) is 9.31. The molecule has 1 rings (SSSR count). The average molecular weight is 183 g/mol. The minimum atomic E-state index is 0.842. The second-order valence-electron chi connectivity index (χ2n) is 4.43. The fraction of sp³-hybridized carbons (Fsp3) is 1.00. The minimum Gasteiger partial charge on any atom is -0.314 e. The lowest BCUT2D eigenvalue weighted by Gasteiger charge is -2.28. The van der Waals surface area contributed by atoms with Crippen molar-refractivity contribution in [1.29, 1.82) is 0 Å². The largest absolute Gasteiger partial charge is 0.314 e. The molecule has 0 radical (unpaired) electrons. The summed E-state index contributed by atoms with van der Waals surface area (Å²) in [5, 5.41) is 3.67. The van der Waals surface area contributed by atoms with Gasteiger partial charge in [0.15, 0.2) is 0 Å². The first-order chi connectivity index (χ1) is 6.36. The summed E-state index contributed by atoms with van der Waals surface area (Å²) in [7, 11) is 0. The number of hydrogen-bond donors (Lipinski definition) is 1. The monoisotopic (exact) mass is 183 g/mol. The topological polar surface area (TPSA) is 12.0 Å². The van der Waals surface area contributed by atoms with Crippen LogP contribution in [0.5, 0.6) is 0 Å². The summed E-state index contributed by atoms with van der Waals surface area (Å²) in [4.78, 5) is 0. The minimum absolute atomic E-state index is 0.842. The molecule has 0 unspecified atom stereocenters. The fourth-order valence-electron chi connectivity index (χ4n) is 2.26. The van der Waals surface area contributed by atoms with Gasteiger partial charge in [0, 0.05) is 6.04 Å². The van der Waals surface area contributed by atoms with Gasteiger partial charge in [-0.05, 0) is 44.6 Å². The molecule has 0 aromatic heterocycles. The highest BCUT2D eigenvalue weighted by molar-refractivity contribution is 4.76. The average Bonchev–Trinajstić information content (AvgIpc) is 2.19. The van der Waals surface area contributed by atoms with E-state index in [-0.39, 0.29) is 0 Å². The van der Waals surface area contributed by atoms with Crippen LogP contribution in [0.3, 0.4) is 0 Å². The Bertz CT molecular complexity index is 112. The van der Waals surface area contributed by atoms with Gasteiger partial charge in [-0.15, -0.1) is 0 Å². The van der Waals surface area contributed by atoms with Crippen LogP contribution in [-0.2, 0) is 0 Å². The second kappa shape index (κ2) is 6.42. The van der Waals surface area contributed by atoms with E-state index in [1.165, 1.54) is 51.5 Å². The van der Waals surface area contributed by atoms with E-state index in [0.717, 1.165) is 12.0 Å². The third-order valence-electron chi connectivity index (χ3n) is 3.39. The first-order valence-electron chi connectivity index (χ1n) is 6.10. The summed E-state index contributed by atoms with van der Waals surface area (Å²) < 4.78 is 0. The molecule has 1 nitrogen and oxygen atoms in total. The molecule has 1 heteroatoms. The molecule has 1 fully saturated rings. The van der Waals surface area contributed by atoms with Crippen LogP contribution in [0.25, 0.3) is 0 Å². The van der Waals surface area contributed by atoms with E-state index in [4.69, 9.17) is 0 Å². The zero-order chi connectivity index (χ0) is 9.52. The first-order valence-corrected chi connectivity index (χ1v) is 6.10. The Morgan fingerprint density at radius 3 is 2.31 bits per heavy atom. The van der Waals surface area contributed by atoms with Crippen molar-refractivity contribution >= 4 is 0 Å². The van der Waals surface area contributed by atoms with Gasteiger partial charge in [-0.25, -0.2) is 0 Å². The Hall–Kier alpha value is -0.0400. The lowest BCUT2D eigenvalue weighted by atomic mass is 9.84. The summed E-state index contributed by atoms with van der Waals surface area (Å²) in [6.07, 6.45) is 9.80. The fourth-order valence-corrected chi connectivity index (χ4v) is 2.26. The maximum atomic E-state index is 3.67. The summed E-state index contributed by atoms with van der Waals surface area (Å²) in [6, 6.07) is 0.842. The van der Waals surface area contributed by atoms with Crippen molar-refractivity contribution < 1.29 is 0 Å². The van der Waals surface area contributed by atoms with Crippen LogP contribution in [0.4, 0.5) is 0 Å². The summed E-state index contributed by atoms with van der Waals surface area (Å²) in [5.41, 5.74) is 0. The van der Waals surface area contributed by atoms with Crippen LogP contribution in [0.2, 0.25) is 0 Å². The molecule has 1 aliphatic carbocycles. The molecule has 1 aliphatic rings. The SMILES string of the molecule is CCCCNC1CCC(CC)CC1. The van der Waals surface area contributed by atoms with E-state index in [1.54, 1.807) is 0 Å². The lowest BCUT2D eigenvalue weighted by Crippen LogP contribution is -2.33. The first kappa shape index (κ1) is 11.0. The van der Waals surface area contributed by atoms with E-state index >= 15 is 0 Å². The molecule has 78 valence electrons. The van der Waals surface area contributed by atoms with Crippen molar-refractivity contribution in [2.75, 3.05) is 6.54 Å². The van der Waals surface area contributed by atoms with E-state index in [2.05, 4.69) is 19.2 Å². The van der Waals surface area contributed by atoms with Gasteiger partial charge in [0.1, 0.15) is 0 Å². The molecule has 0 amide bonds. The molecule has 0 saturated heterocycles. The molecular formula is C12H25N. The second-order valence-corrected chi connectivity index (χ2v) is 4.43. The number of rotatable bonds is 5. The molecular weight excluding hydrogens is 158 g/mol. The number of unbranched alkanes of at least 4 members (excludes halogenated alkanes) is 1. The van der Waals surface area contributed by atoms with Gasteiger partial charge in [0.2, 0.25) is 0 Å². The van der Waals surface area contributed by atoms with Crippen molar-refractivity contribution in [3.05, 3.63) is 0 Å². The van der Waals surface area contributed by atoms with Gasteiger partial charge in [-0.2, -0.15) is 0 Å². The van der Waals surface area contributed by atoms with Gasteiger partial charge in [-0.1, -0.05) is 26.7 Å². The van der Waals surface area contributed by atoms with E-state index < -0.39 is 0 Å². The van der Waals surface area contributed by atoms with Gasteiger partial charge in [-0.3, -0.25) is 0 Å². The van der Waals surface area contributed by atoms with E-state index in [1.807, 2.05) is 0 Å². The maximum Gasteiger partial charge on any atom is 0.00672 e. The molecule has 0 spiro atoms. The molecule has 0 bridgehead atoms. The van der Waals surface area contributed by atoms with Crippen LogP contribution in [0, 0.1) is 5.92 Å². The third kappa shape index (κ3) is 4.12. The molecule has 0 aromatic rings. The Balaban J connectivity index is 2.03. The van der Waals surface area contributed by atoms with E-state index in [9.17, 15) is 0 Å². The van der Waals surface area contributed by atoms with Crippen molar-refractivity contribution in [3.63, 3.8) is 0 Å². The third-order valence-corrected chi connectivity index (χ3v) is 3.39. The summed E-state index contributed by atoms with van der Waals surface area (Å²) in [5.74, 6) is 1.03. The van der Waals surface area contributed by atoms with Gasteiger partial charge >= 0.3 is 0 Å². The molecule has 1 N–H and O–H groups in total. The molecule has 0 aliphatic heterocycles. The van der Waals surface area contributed by atoms with Crippen LogP contribution in [0.15, 0.2) is 0 Å². The van der Waals surface area contributed by atoms with Crippen LogP contribution in [0.1, 0.15) is 58.8 Å². The van der Waals surface area contributed by atoms with Crippen LogP contribution >= 0.6 is 0 Å². The van der Waals surface area contributed by atoms with Gasteiger partial charge in [0.05, 0.1) is 0 Å². The Morgan fingerprint density at radius 1 is 1.08 bits per heavy atom. The molecule has 0 aromatic carbocycles. The summed E-state index contributed by atoms with van der Waals surface area (Å²) in [6.45, 7) is 5.82. The molecule has 0 heterocycles. The predicted molar refractivity (Wildman–Crippen MR) is 58.9 cm³/mol. The van der Waals surface area contributed by atoms with E-state index in [0.29, 0.717) is 0 Å². The Labute approximate surface area is 83.3 Å². The predicted octanol–water partition coefficient (Wildman–Crippen LogP) is 3.34. The van der Waals surface area contributed by atoms with Crippen molar-refractivity contribution in [2.45, 2.75) is 64.8 Å². The summed E-state index contributed by atoms with van der Waals surface area (Å²) >= 11 is 0. The van der Waals surface area contributed by atoms with Crippen molar-refractivity contribution in [1.82, 2.24) is 5.32 Å². The van der Waals surface area contributed by atoms with Crippen LogP contribution < -0.4 is 5.32 Å². The highest BCUT2D eigenvalue weighted by atomic mass is 14.9. The van der Waals surface area contributed by atoms with Crippen molar-refractivity contribution in [3.8, 4) is 0 Å². The zero-order valence-electron chi connectivity index (χ0n) is 9.31. The Kier molecular flexibility index (Phi) is 5.45. The lowest BCUT2D eigenvalue weighted by molar-refractivity contribution is 0.286. The maximum absolute atomic E-state index is 3.67. The molecule has 13 heavy (non-hydrogen) atoms. The van der Waals surface area contributed by atoms with Crippen LogP contribution in [-0.4, -0.2) is 12.6 Å². The molecule has 0 atom stereocenters. The Morgan fingerprint density at radius 2 is 1.77 bits per heavy atom. The standard InChI is InChI=1S/C12H25N/c1-3-5-10-13-12-8-6-11(4-2)7-9-12/h11-13H,3-10H2,1-2H3. The highest BCUT2D eigenvalue weighted by Gasteiger charge is 2.18. The molecule has 1 saturated carbocycles.